The summed E-state index contributed by atoms with van der Waals surface area (Å²) in [5.74, 6) is 0.714. The number of hydrogen-bond donors (Lipinski definition) is 1. The van der Waals surface area contributed by atoms with E-state index in [2.05, 4.69) is 16.0 Å². The summed E-state index contributed by atoms with van der Waals surface area (Å²) < 4.78 is 0. The topological polar surface area (TPSA) is 52.5 Å². The normalized spacial score (nSPS) is 9.64. The zero-order valence-electron chi connectivity index (χ0n) is 7.57. The average Bonchev–Trinajstić information content (AvgIpc) is 2.68. The summed E-state index contributed by atoms with van der Waals surface area (Å²) in [5.41, 5.74) is 1.95. The highest BCUT2D eigenvalue weighted by Crippen LogP contribution is 2.15. The Morgan fingerprint density at radius 3 is 2.79 bits per heavy atom. The van der Waals surface area contributed by atoms with Crippen molar-refractivity contribution in [2.75, 3.05) is 0 Å². The molecule has 2 aromatic rings. The molecule has 0 aliphatic heterocycles. The van der Waals surface area contributed by atoms with E-state index in [0.717, 1.165) is 11.3 Å². The highest BCUT2D eigenvalue weighted by molar-refractivity contribution is 5.58. The largest absolute Gasteiger partial charge is 0.347 e. The maximum atomic E-state index is 8.49. The molecule has 0 amide bonds. The van der Waals surface area contributed by atoms with E-state index in [0.29, 0.717) is 12.2 Å². The first-order valence-corrected chi connectivity index (χ1v) is 4.37. The Bertz CT molecular complexity index is 451. The van der Waals surface area contributed by atoms with Gasteiger partial charge in [0.2, 0.25) is 0 Å². The number of H-pyrrole nitrogens is 1. The number of aromatic nitrogens is 2. The molecule has 0 atom stereocenters. The molecule has 0 saturated carbocycles. The van der Waals surface area contributed by atoms with Crippen molar-refractivity contribution in [1.29, 1.82) is 5.26 Å². The van der Waals surface area contributed by atoms with Crippen LogP contribution in [0, 0.1) is 11.3 Å². The predicted octanol–water partition coefficient (Wildman–Crippen LogP) is 2.14. The van der Waals surface area contributed by atoms with Gasteiger partial charge in [0.05, 0.1) is 18.2 Å². The van der Waals surface area contributed by atoms with E-state index in [1.807, 2.05) is 36.5 Å². The SMILES string of the molecule is N#CCc1nc(-c2ccccc2)c[nH]1. The summed E-state index contributed by atoms with van der Waals surface area (Å²) in [6.07, 6.45) is 2.15. The maximum absolute atomic E-state index is 8.49. The lowest BCUT2D eigenvalue weighted by atomic mass is 10.2. The monoisotopic (exact) mass is 183 g/mol. The minimum Gasteiger partial charge on any atom is -0.347 e. The summed E-state index contributed by atoms with van der Waals surface area (Å²) in [4.78, 5) is 7.26. The van der Waals surface area contributed by atoms with Gasteiger partial charge in [0.1, 0.15) is 5.82 Å². The summed E-state index contributed by atoms with van der Waals surface area (Å²) in [6.45, 7) is 0. The van der Waals surface area contributed by atoms with Crippen molar-refractivity contribution in [2.24, 2.45) is 0 Å². The van der Waals surface area contributed by atoms with Gasteiger partial charge in [0, 0.05) is 11.8 Å². The van der Waals surface area contributed by atoms with Gasteiger partial charge in [0.15, 0.2) is 0 Å². The maximum Gasteiger partial charge on any atom is 0.121 e. The fourth-order valence-corrected chi connectivity index (χ4v) is 1.28. The van der Waals surface area contributed by atoms with Crippen molar-refractivity contribution in [2.45, 2.75) is 6.42 Å². The third-order valence-electron chi connectivity index (χ3n) is 1.95. The minimum atomic E-state index is 0.326. The molecule has 3 nitrogen and oxygen atoms in total. The Hall–Kier alpha value is -2.08. The molecule has 14 heavy (non-hydrogen) atoms. The number of nitriles is 1. The van der Waals surface area contributed by atoms with Crippen molar-refractivity contribution in [3.63, 3.8) is 0 Å². The Morgan fingerprint density at radius 2 is 2.07 bits per heavy atom. The summed E-state index contributed by atoms with van der Waals surface area (Å²) in [6, 6.07) is 11.9. The van der Waals surface area contributed by atoms with E-state index < -0.39 is 0 Å². The highest BCUT2D eigenvalue weighted by Gasteiger charge is 2.01. The third kappa shape index (κ3) is 1.64. The first kappa shape index (κ1) is 8.52. The quantitative estimate of drug-likeness (QED) is 0.775. The smallest absolute Gasteiger partial charge is 0.121 e. The van der Waals surface area contributed by atoms with Crippen molar-refractivity contribution in [1.82, 2.24) is 9.97 Å². The summed E-state index contributed by atoms with van der Waals surface area (Å²) in [7, 11) is 0. The Labute approximate surface area is 82.0 Å². The van der Waals surface area contributed by atoms with E-state index >= 15 is 0 Å². The van der Waals surface area contributed by atoms with Gasteiger partial charge in [0.25, 0.3) is 0 Å². The minimum absolute atomic E-state index is 0.326. The predicted molar refractivity (Wildman–Crippen MR) is 53.3 cm³/mol. The van der Waals surface area contributed by atoms with Crippen LogP contribution in [0.15, 0.2) is 36.5 Å². The van der Waals surface area contributed by atoms with Gasteiger partial charge in [-0.3, -0.25) is 0 Å². The molecule has 0 aliphatic carbocycles. The molecule has 68 valence electrons. The van der Waals surface area contributed by atoms with Gasteiger partial charge in [-0.15, -0.1) is 0 Å². The van der Waals surface area contributed by atoms with Gasteiger partial charge in [-0.2, -0.15) is 5.26 Å². The fourth-order valence-electron chi connectivity index (χ4n) is 1.28. The van der Waals surface area contributed by atoms with Gasteiger partial charge in [-0.1, -0.05) is 30.3 Å². The lowest BCUT2D eigenvalue weighted by Gasteiger charge is -1.92. The van der Waals surface area contributed by atoms with Crippen LogP contribution in [0.25, 0.3) is 11.3 Å². The van der Waals surface area contributed by atoms with E-state index in [4.69, 9.17) is 5.26 Å². The summed E-state index contributed by atoms with van der Waals surface area (Å²) >= 11 is 0. The molecule has 0 unspecified atom stereocenters. The number of rotatable bonds is 2. The van der Waals surface area contributed by atoms with Gasteiger partial charge in [-0.25, -0.2) is 4.98 Å². The second-order valence-corrected chi connectivity index (χ2v) is 2.93. The van der Waals surface area contributed by atoms with Crippen LogP contribution >= 0.6 is 0 Å². The van der Waals surface area contributed by atoms with Crippen molar-refractivity contribution < 1.29 is 0 Å². The third-order valence-corrected chi connectivity index (χ3v) is 1.95. The molecule has 1 aromatic carbocycles. The van der Waals surface area contributed by atoms with Crippen LogP contribution in [0.2, 0.25) is 0 Å². The molecular formula is C11H9N3. The van der Waals surface area contributed by atoms with Gasteiger partial charge in [-0.05, 0) is 0 Å². The van der Waals surface area contributed by atoms with Crippen LogP contribution in [0.3, 0.4) is 0 Å². The molecule has 0 radical (unpaired) electrons. The molecule has 0 bridgehead atoms. The van der Waals surface area contributed by atoms with Crippen molar-refractivity contribution in [3.05, 3.63) is 42.4 Å². The molecule has 0 saturated heterocycles. The number of aromatic amines is 1. The average molecular weight is 183 g/mol. The van der Waals surface area contributed by atoms with E-state index in [1.165, 1.54) is 0 Å². The van der Waals surface area contributed by atoms with E-state index in [1.54, 1.807) is 0 Å². The highest BCUT2D eigenvalue weighted by atomic mass is 14.9. The van der Waals surface area contributed by atoms with Crippen molar-refractivity contribution >= 4 is 0 Å². The lowest BCUT2D eigenvalue weighted by molar-refractivity contribution is 1.06. The fraction of sp³-hybridized carbons (Fsp3) is 0.0909. The number of nitrogens with zero attached hydrogens (tertiary/aromatic N) is 2. The zero-order valence-corrected chi connectivity index (χ0v) is 7.57. The van der Waals surface area contributed by atoms with Crippen LogP contribution in [0.1, 0.15) is 5.82 Å². The zero-order chi connectivity index (χ0) is 9.80. The van der Waals surface area contributed by atoms with Crippen LogP contribution in [-0.4, -0.2) is 9.97 Å². The molecular weight excluding hydrogens is 174 g/mol. The number of benzene rings is 1. The molecule has 0 spiro atoms. The molecule has 0 aliphatic rings. The lowest BCUT2D eigenvalue weighted by Crippen LogP contribution is -1.83. The number of hydrogen-bond acceptors (Lipinski definition) is 2. The molecule has 0 fully saturated rings. The Kier molecular flexibility index (Phi) is 2.28. The van der Waals surface area contributed by atoms with Gasteiger partial charge >= 0.3 is 0 Å². The molecule has 3 heteroatoms. The second-order valence-electron chi connectivity index (χ2n) is 2.93. The van der Waals surface area contributed by atoms with Crippen LogP contribution in [0.5, 0.6) is 0 Å². The molecule has 1 aromatic heterocycles. The Morgan fingerprint density at radius 1 is 1.29 bits per heavy atom. The molecule has 1 N–H and O–H groups in total. The van der Waals surface area contributed by atoms with Crippen LogP contribution < -0.4 is 0 Å². The van der Waals surface area contributed by atoms with Crippen molar-refractivity contribution in [3.8, 4) is 17.3 Å². The van der Waals surface area contributed by atoms with E-state index in [9.17, 15) is 0 Å². The number of imidazole rings is 1. The van der Waals surface area contributed by atoms with Crippen LogP contribution in [0.4, 0.5) is 0 Å². The standard InChI is InChI=1S/C11H9N3/c12-7-6-11-13-8-10(14-11)9-4-2-1-3-5-9/h1-5,8H,6H2,(H,13,14). The first-order valence-electron chi connectivity index (χ1n) is 4.37. The first-order chi connectivity index (χ1) is 6.90. The number of nitrogens with one attached hydrogen (secondary N) is 1. The Balaban J connectivity index is 2.31. The summed E-state index contributed by atoms with van der Waals surface area (Å²) in [5, 5.41) is 8.49. The molecule has 2 rings (SSSR count). The second kappa shape index (κ2) is 3.75. The molecule has 1 heterocycles. The van der Waals surface area contributed by atoms with Gasteiger partial charge < -0.3 is 4.98 Å². The van der Waals surface area contributed by atoms with Crippen LogP contribution in [-0.2, 0) is 6.42 Å². The van der Waals surface area contributed by atoms with E-state index in [-0.39, 0.29) is 0 Å².